The lowest BCUT2D eigenvalue weighted by atomic mass is 10.1. The summed E-state index contributed by atoms with van der Waals surface area (Å²) in [5.74, 6) is 0.106. The lowest BCUT2D eigenvalue weighted by Crippen LogP contribution is -2.15. The molecule has 86 valence electrons. The molecule has 0 aromatic carbocycles. The van der Waals surface area contributed by atoms with Gasteiger partial charge in [0.05, 0.1) is 16.3 Å². The zero-order valence-corrected chi connectivity index (χ0v) is 10.4. The van der Waals surface area contributed by atoms with Gasteiger partial charge in [0, 0.05) is 12.3 Å². The van der Waals surface area contributed by atoms with Gasteiger partial charge >= 0.3 is 0 Å². The molecule has 0 fully saturated rings. The maximum absolute atomic E-state index is 11.0. The summed E-state index contributed by atoms with van der Waals surface area (Å²) < 4.78 is 25.8. The van der Waals surface area contributed by atoms with Gasteiger partial charge in [0.1, 0.15) is 9.84 Å². The second-order valence-corrected chi connectivity index (χ2v) is 6.51. The van der Waals surface area contributed by atoms with Gasteiger partial charge in [0.15, 0.2) is 0 Å². The number of rotatable bonds is 5. The van der Waals surface area contributed by atoms with Crippen LogP contribution >= 0.6 is 11.5 Å². The third kappa shape index (κ3) is 3.84. The van der Waals surface area contributed by atoms with Crippen LogP contribution in [0.3, 0.4) is 0 Å². The predicted octanol–water partition coefficient (Wildman–Crippen LogP) is 0.535. The van der Waals surface area contributed by atoms with Crippen molar-refractivity contribution in [2.75, 3.05) is 12.0 Å². The highest BCUT2D eigenvalue weighted by Crippen LogP contribution is 2.21. The number of sulfone groups is 1. The van der Waals surface area contributed by atoms with Crippen molar-refractivity contribution in [1.82, 2.24) is 9.59 Å². The molecule has 0 aliphatic carbocycles. The molecule has 0 aliphatic rings. The summed E-state index contributed by atoms with van der Waals surface area (Å²) >= 11 is 1.25. The molecule has 1 rings (SSSR count). The summed E-state index contributed by atoms with van der Waals surface area (Å²) in [6, 6.07) is -0.269. The monoisotopic (exact) mass is 249 g/mol. The number of nitrogens with two attached hydrogens (primary N) is 1. The quantitative estimate of drug-likeness (QED) is 0.823. The second kappa shape index (κ2) is 5.00. The average Bonchev–Trinajstić information content (AvgIpc) is 2.60. The van der Waals surface area contributed by atoms with Gasteiger partial charge in [0.2, 0.25) is 0 Å². The molecule has 1 aromatic rings. The van der Waals surface area contributed by atoms with Crippen LogP contribution in [0, 0.1) is 0 Å². The first-order valence-corrected chi connectivity index (χ1v) is 7.52. The normalized spacial score (nSPS) is 14.1. The maximum Gasteiger partial charge on any atom is 0.147 e. The molecule has 1 atom stereocenters. The molecule has 7 heteroatoms. The molecule has 1 unspecified atom stereocenters. The number of nitrogens with zero attached hydrogens (tertiary/aromatic N) is 2. The number of aryl methyl sites for hydroxylation is 1. The fourth-order valence-corrected chi connectivity index (χ4v) is 2.67. The van der Waals surface area contributed by atoms with Crippen molar-refractivity contribution in [2.45, 2.75) is 25.8 Å². The van der Waals surface area contributed by atoms with Crippen LogP contribution in [0.15, 0.2) is 0 Å². The molecule has 5 nitrogen and oxygen atoms in total. The van der Waals surface area contributed by atoms with Crippen LogP contribution in [-0.2, 0) is 16.3 Å². The van der Waals surface area contributed by atoms with E-state index in [1.807, 2.05) is 6.92 Å². The van der Waals surface area contributed by atoms with Gasteiger partial charge < -0.3 is 5.73 Å². The average molecular weight is 249 g/mol. The van der Waals surface area contributed by atoms with Gasteiger partial charge in [-0.25, -0.2) is 8.42 Å². The van der Waals surface area contributed by atoms with Gasteiger partial charge in [-0.3, -0.25) is 0 Å². The van der Waals surface area contributed by atoms with Crippen molar-refractivity contribution in [3.8, 4) is 0 Å². The molecule has 0 spiro atoms. The number of aromatic nitrogens is 2. The Morgan fingerprint density at radius 3 is 2.73 bits per heavy atom. The lowest BCUT2D eigenvalue weighted by molar-refractivity contribution is 0.592. The smallest absolute Gasteiger partial charge is 0.147 e. The molecule has 0 saturated carbocycles. The minimum Gasteiger partial charge on any atom is -0.323 e. The molecule has 0 bridgehead atoms. The van der Waals surface area contributed by atoms with E-state index in [0.29, 0.717) is 6.42 Å². The van der Waals surface area contributed by atoms with Crippen LogP contribution in [0.25, 0.3) is 0 Å². The van der Waals surface area contributed by atoms with E-state index in [1.54, 1.807) is 0 Å². The highest BCUT2D eigenvalue weighted by Gasteiger charge is 2.16. The minimum atomic E-state index is -2.95. The fourth-order valence-electron chi connectivity index (χ4n) is 1.21. The van der Waals surface area contributed by atoms with Gasteiger partial charge in [0.25, 0.3) is 0 Å². The summed E-state index contributed by atoms with van der Waals surface area (Å²) in [6.07, 6.45) is 2.42. The first kappa shape index (κ1) is 12.5. The van der Waals surface area contributed by atoms with E-state index in [4.69, 9.17) is 5.73 Å². The Labute approximate surface area is 93.8 Å². The molecule has 1 heterocycles. The van der Waals surface area contributed by atoms with Crippen LogP contribution in [0.4, 0.5) is 0 Å². The molecule has 15 heavy (non-hydrogen) atoms. The molecule has 0 radical (unpaired) electrons. The summed E-state index contributed by atoms with van der Waals surface area (Å²) in [7, 11) is -2.95. The van der Waals surface area contributed by atoms with Crippen LogP contribution in [0.5, 0.6) is 0 Å². The number of hydrogen-bond acceptors (Lipinski definition) is 6. The molecule has 0 amide bonds. The molecule has 2 N–H and O–H groups in total. The molecule has 0 aliphatic heterocycles. The van der Waals surface area contributed by atoms with E-state index in [1.165, 1.54) is 17.8 Å². The Morgan fingerprint density at radius 2 is 2.20 bits per heavy atom. The van der Waals surface area contributed by atoms with Gasteiger partial charge in [-0.05, 0) is 24.4 Å². The van der Waals surface area contributed by atoms with Gasteiger partial charge in [-0.1, -0.05) is 11.4 Å². The van der Waals surface area contributed by atoms with Crippen LogP contribution < -0.4 is 5.73 Å². The van der Waals surface area contributed by atoms with Crippen molar-refractivity contribution >= 4 is 21.4 Å². The van der Waals surface area contributed by atoms with Crippen molar-refractivity contribution < 1.29 is 8.42 Å². The first-order valence-electron chi connectivity index (χ1n) is 4.68. The van der Waals surface area contributed by atoms with Crippen molar-refractivity contribution in [2.24, 2.45) is 5.73 Å². The van der Waals surface area contributed by atoms with E-state index in [0.717, 1.165) is 17.0 Å². The van der Waals surface area contributed by atoms with Crippen LogP contribution in [-0.4, -0.2) is 30.0 Å². The van der Waals surface area contributed by atoms with Crippen molar-refractivity contribution in [1.29, 1.82) is 0 Å². The SMILES string of the molecule is CCc1nnsc1C(N)CCS(C)(=O)=O. The maximum atomic E-state index is 11.0. The summed E-state index contributed by atoms with van der Waals surface area (Å²) in [5, 5.41) is 3.94. The van der Waals surface area contributed by atoms with Crippen molar-refractivity contribution in [3.63, 3.8) is 0 Å². The standard InChI is InChI=1S/C8H15N3O2S2/c1-3-7-8(14-11-10-7)6(9)4-5-15(2,12)13/h6H,3-5,9H2,1-2H3. The van der Waals surface area contributed by atoms with Crippen molar-refractivity contribution in [3.05, 3.63) is 10.6 Å². The molecular weight excluding hydrogens is 234 g/mol. The Balaban J connectivity index is 2.65. The Bertz CT molecular complexity index is 413. The Kier molecular flexibility index (Phi) is 4.18. The summed E-state index contributed by atoms with van der Waals surface area (Å²) in [4.78, 5) is 0.904. The Hall–Kier alpha value is -0.530. The Morgan fingerprint density at radius 1 is 1.53 bits per heavy atom. The molecule has 1 aromatic heterocycles. The van der Waals surface area contributed by atoms with E-state index in [2.05, 4.69) is 9.59 Å². The third-order valence-corrected chi connectivity index (χ3v) is 3.93. The minimum absolute atomic E-state index is 0.106. The highest BCUT2D eigenvalue weighted by molar-refractivity contribution is 7.90. The van der Waals surface area contributed by atoms with Crippen LogP contribution in [0.1, 0.15) is 30.0 Å². The zero-order valence-electron chi connectivity index (χ0n) is 8.80. The first-order chi connectivity index (χ1) is 6.94. The van der Waals surface area contributed by atoms with Crippen LogP contribution in [0.2, 0.25) is 0 Å². The molecule has 0 saturated heterocycles. The fraction of sp³-hybridized carbons (Fsp3) is 0.750. The summed E-state index contributed by atoms with van der Waals surface area (Å²) in [5.41, 5.74) is 6.76. The largest absolute Gasteiger partial charge is 0.323 e. The topological polar surface area (TPSA) is 85.9 Å². The van der Waals surface area contributed by atoms with E-state index < -0.39 is 9.84 Å². The van der Waals surface area contributed by atoms with E-state index in [9.17, 15) is 8.42 Å². The lowest BCUT2D eigenvalue weighted by Gasteiger charge is -2.08. The highest BCUT2D eigenvalue weighted by atomic mass is 32.2. The van der Waals surface area contributed by atoms with E-state index in [-0.39, 0.29) is 11.8 Å². The summed E-state index contributed by atoms with van der Waals surface area (Å²) in [6.45, 7) is 1.98. The van der Waals surface area contributed by atoms with E-state index >= 15 is 0 Å². The predicted molar refractivity (Wildman–Crippen MR) is 60.5 cm³/mol. The molecular formula is C8H15N3O2S2. The second-order valence-electron chi connectivity index (χ2n) is 3.46. The van der Waals surface area contributed by atoms with Gasteiger partial charge in [-0.2, -0.15) is 0 Å². The third-order valence-electron chi connectivity index (χ3n) is 2.06. The van der Waals surface area contributed by atoms with Gasteiger partial charge in [-0.15, -0.1) is 5.10 Å². The zero-order chi connectivity index (χ0) is 11.5. The number of hydrogen-bond donors (Lipinski definition) is 1.